The van der Waals surface area contributed by atoms with Gasteiger partial charge in [-0.05, 0) is 77.3 Å². The first-order valence-corrected chi connectivity index (χ1v) is 9.94. The van der Waals surface area contributed by atoms with Gasteiger partial charge < -0.3 is 16.0 Å². The molecule has 5 nitrogen and oxygen atoms in total. The summed E-state index contributed by atoms with van der Waals surface area (Å²) < 4.78 is 0. The third kappa shape index (κ3) is 8.69. The zero-order chi connectivity index (χ0) is 17.9. The Morgan fingerprint density at radius 1 is 0.741 bits per heavy atom. The number of rotatable bonds is 1. The van der Waals surface area contributed by atoms with Gasteiger partial charge in [0.15, 0.2) is 0 Å². The molecule has 10 radical (unpaired) electrons. The summed E-state index contributed by atoms with van der Waals surface area (Å²) >= 11 is 0. The maximum Gasteiger partial charge on any atom is 2.00 e. The Balaban J connectivity index is 0.000000379. The standard InChI is InChI=1S/C16H28N5.C5H5.Fe/c1-2-5-14(4-1)16-20-12-15-13-21(16)11-10-18-7-3-6-17-8-9-19-15;1-2-4-5-3-1;/h1-2,4-5,15-20H,3,6-13H2;1-5H;/q;;+2. The van der Waals surface area contributed by atoms with E-state index in [0.717, 1.165) is 52.4 Å². The normalized spacial score (nSPS) is 33.6. The Morgan fingerprint density at radius 3 is 2.11 bits per heavy atom. The number of nitrogens with zero attached hydrogens (tertiary/aromatic N) is 1. The molecule has 148 valence electrons. The van der Waals surface area contributed by atoms with Gasteiger partial charge in [-0.15, -0.1) is 0 Å². The van der Waals surface area contributed by atoms with Gasteiger partial charge in [-0.2, -0.15) is 0 Å². The van der Waals surface area contributed by atoms with Crippen molar-refractivity contribution < 1.29 is 17.1 Å². The van der Waals surface area contributed by atoms with Crippen molar-refractivity contribution in [3.05, 3.63) is 63.7 Å². The van der Waals surface area contributed by atoms with E-state index >= 15 is 0 Å². The van der Waals surface area contributed by atoms with Gasteiger partial charge >= 0.3 is 17.1 Å². The van der Waals surface area contributed by atoms with Crippen LogP contribution in [0.3, 0.4) is 0 Å². The minimum atomic E-state index is 0. The third-order valence-electron chi connectivity index (χ3n) is 4.96. The van der Waals surface area contributed by atoms with Crippen molar-refractivity contribution in [2.24, 2.45) is 0 Å². The molecule has 27 heavy (non-hydrogen) atoms. The van der Waals surface area contributed by atoms with Gasteiger partial charge in [-0.1, -0.05) is 0 Å². The van der Waals surface area contributed by atoms with Crippen LogP contribution in [0.4, 0.5) is 0 Å². The Kier molecular flexibility index (Phi) is 12.5. The molecule has 4 rings (SSSR count). The second kappa shape index (κ2) is 14.3. The smallest absolute Gasteiger partial charge is 0.315 e. The maximum atomic E-state index is 3.71. The molecule has 4 N–H and O–H groups in total. The van der Waals surface area contributed by atoms with Crippen LogP contribution in [0.15, 0.2) is 0 Å². The van der Waals surface area contributed by atoms with Crippen LogP contribution < -0.4 is 21.3 Å². The molecule has 2 bridgehead atoms. The fourth-order valence-corrected chi connectivity index (χ4v) is 3.59. The van der Waals surface area contributed by atoms with Gasteiger partial charge in [0.25, 0.3) is 0 Å². The Morgan fingerprint density at radius 2 is 1.41 bits per heavy atom. The van der Waals surface area contributed by atoms with Crippen LogP contribution in [0.2, 0.25) is 0 Å². The van der Waals surface area contributed by atoms with Gasteiger partial charge in [-0.25, -0.2) is 0 Å². The van der Waals surface area contributed by atoms with E-state index in [1.807, 2.05) is 32.1 Å². The summed E-state index contributed by atoms with van der Waals surface area (Å²) in [5.74, 6) is 1.39. The minimum absolute atomic E-state index is 0. The molecule has 4 fully saturated rings. The monoisotopic (exact) mass is 411 g/mol. The first-order valence-electron chi connectivity index (χ1n) is 9.94. The first kappa shape index (κ1) is 23.6. The molecule has 6 heteroatoms. The fraction of sp³-hybridized carbons (Fsp3) is 0.524. The van der Waals surface area contributed by atoms with E-state index in [2.05, 4.69) is 51.9 Å². The number of nitrogens with one attached hydrogen (secondary N) is 4. The van der Waals surface area contributed by atoms with Crippen LogP contribution in [0.25, 0.3) is 0 Å². The summed E-state index contributed by atoms with van der Waals surface area (Å²) in [5.41, 5.74) is 0. The Labute approximate surface area is 178 Å². The molecule has 2 aliphatic carbocycles. The molecule has 2 heterocycles. The average molecular weight is 411 g/mol. The molecule has 3 unspecified atom stereocenters. The second-order valence-corrected chi connectivity index (χ2v) is 6.99. The van der Waals surface area contributed by atoms with Crippen LogP contribution in [-0.2, 0) is 17.1 Å². The molecule has 4 aliphatic rings. The van der Waals surface area contributed by atoms with E-state index < -0.39 is 0 Å². The van der Waals surface area contributed by atoms with Crippen molar-refractivity contribution in [2.45, 2.75) is 18.6 Å². The molecular weight excluding hydrogens is 378 g/mol. The molecule has 0 amide bonds. The number of hydrogen-bond acceptors (Lipinski definition) is 5. The Hall–Kier alpha value is 0.319. The predicted molar refractivity (Wildman–Crippen MR) is 107 cm³/mol. The van der Waals surface area contributed by atoms with Crippen LogP contribution in [-0.4, -0.2) is 69.5 Å². The van der Waals surface area contributed by atoms with E-state index in [1.165, 1.54) is 12.3 Å². The molecule has 2 saturated heterocycles. The van der Waals surface area contributed by atoms with Crippen molar-refractivity contribution in [1.82, 2.24) is 26.2 Å². The molecule has 0 aromatic carbocycles. The topological polar surface area (TPSA) is 51.4 Å². The summed E-state index contributed by atoms with van der Waals surface area (Å²) in [6, 6.07) is 0.541. The number of fused-ring (bicyclic) bond motifs is 2. The van der Waals surface area contributed by atoms with Crippen LogP contribution in [0.5, 0.6) is 0 Å². The quantitative estimate of drug-likeness (QED) is 0.464. The molecule has 2 saturated carbocycles. The molecule has 0 aromatic heterocycles. The van der Waals surface area contributed by atoms with Crippen molar-refractivity contribution in [3.8, 4) is 0 Å². The summed E-state index contributed by atoms with van der Waals surface area (Å²) in [6.45, 7) is 8.63. The Bertz CT molecular complexity index is 353. The minimum Gasteiger partial charge on any atom is -0.315 e. The van der Waals surface area contributed by atoms with Crippen molar-refractivity contribution in [3.63, 3.8) is 0 Å². The van der Waals surface area contributed by atoms with Gasteiger partial charge in [0, 0.05) is 51.2 Å². The molecular formula is C21H33FeN5+2. The van der Waals surface area contributed by atoms with Crippen molar-refractivity contribution in [1.29, 1.82) is 0 Å². The molecule has 3 atom stereocenters. The summed E-state index contributed by atoms with van der Waals surface area (Å²) in [5, 5.41) is 14.4. The number of hydrogen-bond donors (Lipinski definition) is 4. The van der Waals surface area contributed by atoms with Crippen LogP contribution in [0, 0.1) is 63.7 Å². The van der Waals surface area contributed by atoms with E-state index in [9.17, 15) is 0 Å². The third-order valence-corrected chi connectivity index (χ3v) is 4.96. The average Bonchev–Trinajstić information content (AvgIpc) is 3.39. The maximum absolute atomic E-state index is 3.71. The van der Waals surface area contributed by atoms with Gasteiger partial charge in [-0.3, -0.25) is 10.2 Å². The van der Waals surface area contributed by atoms with E-state index in [0.29, 0.717) is 12.2 Å². The first-order chi connectivity index (χ1) is 12.9. The molecule has 0 aromatic rings. The van der Waals surface area contributed by atoms with Gasteiger partial charge in [0.05, 0.1) is 6.17 Å². The van der Waals surface area contributed by atoms with E-state index in [1.54, 1.807) is 0 Å². The molecule has 0 spiro atoms. The fourth-order valence-electron chi connectivity index (χ4n) is 3.59. The summed E-state index contributed by atoms with van der Waals surface area (Å²) in [7, 11) is 0. The van der Waals surface area contributed by atoms with E-state index in [-0.39, 0.29) is 17.1 Å². The van der Waals surface area contributed by atoms with E-state index in [4.69, 9.17) is 0 Å². The van der Waals surface area contributed by atoms with Gasteiger partial charge in [0.1, 0.15) is 0 Å². The second-order valence-electron chi connectivity index (χ2n) is 6.99. The van der Waals surface area contributed by atoms with Crippen LogP contribution in [0.1, 0.15) is 6.42 Å². The SMILES string of the molecule is [CH]1[CH][CH][CH][CH]1.[CH]1[CH][CH][C](C2NCC3CN2CCNCCCNCCN3)[CH]1.[Fe+2]. The zero-order valence-electron chi connectivity index (χ0n) is 16.0. The molecule has 2 aliphatic heterocycles. The summed E-state index contributed by atoms with van der Waals surface area (Å²) in [4.78, 5) is 2.56. The van der Waals surface area contributed by atoms with Crippen molar-refractivity contribution >= 4 is 0 Å². The zero-order valence-corrected chi connectivity index (χ0v) is 17.1. The van der Waals surface area contributed by atoms with Gasteiger partial charge in [0.2, 0.25) is 0 Å². The largest absolute Gasteiger partial charge is 2.00 e. The summed E-state index contributed by atoms with van der Waals surface area (Å²) in [6.07, 6.45) is 20.3. The van der Waals surface area contributed by atoms with Crippen LogP contribution >= 0.6 is 0 Å². The van der Waals surface area contributed by atoms with Crippen molar-refractivity contribution in [2.75, 3.05) is 52.4 Å². The predicted octanol–water partition coefficient (Wildman–Crippen LogP) is 0.183.